The summed E-state index contributed by atoms with van der Waals surface area (Å²) >= 11 is 0. The predicted octanol–water partition coefficient (Wildman–Crippen LogP) is 2.13. The largest absolute Gasteiger partial charge is 0.493 e. The van der Waals surface area contributed by atoms with Crippen molar-refractivity contribution in [2.24, 2.45) is 10.9 Å². The van der Waals surface area contributed by atoms with Crippen LogP contribution in [0.4, 0.5) is 0 Å². The molecular weight excluding hydrogens is 262 g/mol. The van der Waals surface area contributed by atoms with Gasteiger partial charge in [-0.05, 0) is 49.3 Å². The molecule has 0 amide bonds. The van der Waals surface area contributed by atoms with E-state index < -0.39 is 0 Å². The van der Waals surface area contributed by atoms with E-state index in [-0.39, 0.29) is 0 Å². The minimum absolute atomic E-state index is 0.829. The standard InChI is InChI=1S/C17H25N3O/c1-2-18-17(20-12-14-3-4-14)19-9-7-13-5-6-16-15(11-13)8-10-21-16/h5-6,11,14H,2-4,7-10,12H2,1H3,(H2,18,19,20). The number of nitrogens with one attached hydrogen (secondary N) is 2. The first-order chi connectivity index (χ1) is 10.3. The first-order valence-electron chi connectivity index (χ1n) is 8.12. The molecular formula is C17H25N3O. The highest BCUT2D eigenvalue weighted by molar-refractivity contribution is 5.79. The predicted molar refractivity (Wildman–Crippen MR) is 86.1 cm³/mol. The van der Waals surface area contributed by atoms with Crippen LogP contribution in [0.15, 0.2) is 23.2 Å². The van der Waals surface area contributed by atoms with E-state index >= 15 is 0 Å². The molecule has 1 aliphatic carbocycles. The van der Waals surface area contributed by atoms with Gasteiger partial charge in [-0.25, -0.2) is 0 Å². The van der Waals surface area contributed by atoms with Crippen LogP contribution in [0.2, 0.25) is 0 Å². The van der Waals surface area contributed by atoms with Gasteiger partial charge in [0.05, 0.1) is 6.61 Å². The van der Waals surface area contributed by atoms with Crippen LogP contribution in [0.25, 0.3) is 0 Å². The van der Waals surface area contributed by atoms with E-state index in [1.165, 1.54) is 24.0 Å². The van der Waals surface area contributed by atoms with Crippen molar-refractivity contribution in [1.29, 1.82) is 0 Å². The summed E-state index contributed by atoms with van der Waals surface area (Å²) in [6.45, 7) is 5.72. The molecule has 1 fully saturated rings. The Morgan fingerprint density at radius 3 is 3.05 bits per heavy atom. The Kier molecular flexibility index (Phi) is 4.63. The van der Waals surface area contributed by atoms with E-state index in [9.17, 15) is 0 Å². The van der Waals surface area contributed by atoms with Crippen LogP contribution in [0.5, 0.6) is 5.75 Å². The van der Waals surface area contributed by atoms with E-state index in [1.807, 2.05) is 0 Å². The van der Waals surface area contributed by atoms with Gasteiger partial charge < -0.3 is 15.4 Å². The Labute approximate surface area is 127 Å². The van der Waals surface area contributed by atoms with Gasteiger partial charge in [-0.2, -0.15) is 0 Å². The molecule has 0 spiro atoms. The van der Waals surface area contributed by atoms with Crippen molar-refractivity contribution in [1.82, 2.24) is 10.6 Å². The van der Waals surface area contributed by atoms with Crippen LogP contribution in [0.3, 0.4) is 0 Å². The first kappa shape index (κ1) is 14.2. The highest BCUT2D eigenvalue weighted by atomic mass is 16.5. The van der Waals surface area contributed by atoms with Crippen LogP contribution in [-0.4, -0.2) is 32.2 Å². The summed E-state index contributed by atoms with van der Waals surface area (Å²) < 4.78 is 5.54. The lowest BCUT2D eigenvalue weighted by Gasteiger charge is -2.11. The van der Waals surface area contributed by atoms with Gasteiger partial charge >= 0.3 is 0 Å². The molecule has 4 heteroatoms. The molecule has 114 valence electrons. The lowest BCUT2D eigenvalue weighted by Crippen LogP contribution is -2.38. The van der Waals surface area contributed by atoms with Gasteiger partial charge in [0.15, 0.2) is 5.96 Å². The summed E-state index contributed by atoms with van der Waals surface area (Å²) in [6, 6.07) is 6.54. The molecule has 4 nitrogen and oxygen atoms in total. The molecule has 1 aromatic carbocycles. The van der Waals surface area contributed by atoms with Crippen molar-refractivity contribution in [2.45, 2.75) is 32.6 Å². The number of guanidine groups is 1. The average Bonchev–Trinajstić information content (AvgIpc) is 3.20. The van der Waals surface area contributed by atoms with Gasteiger partial charge in [0.2, 0.25) is 0 Å². The summed E-state index contributed by atoms with van der Waals surface area (Å²) in [5.41, 5.74) is 2.71. The summed E-state index contributed by atoms with van der Waals surface area (Å²) in [4.78, 5) is 4.64. The number of fused-ring (bicyclic) bond motifs is 1. The number of benzene rings is 1. The van der Waals surface area contributed by atoms with Crippen molar-refractivity contribution < 1.29 is 4.74 Å². The Hall–Kier alpha value is -1.71. The lowest BCUT2D eigenvalue weighted by atomic mass is 10.1. The number of aliphatic imine (C=N–C) groups is 1. The maximum absolute atomic E-state index is 5.54. The van der Waals surface area contributed by atoms with Crippen molar-refractivity contribution in [3.63, 3.8) is 0 Å². The third-order valence-electron chi connectivity index (χ3n) is 4.01. The molecule has 1 saturated carbocycles. The second-order valence-corrected chi connectivity index (χ2v) is 5.88. The van der Waals surface area contributed by atoms with Crippen molar-refractivity contribution in [3.05, 3.63) is 29.3 Å². The van der Waals surface area contributed by atoms with Gasteiger partial charge in [0.25, 0.3) is 0 Å². The maximum atomic E-state index is 5.54. The van der Waals surface area contributed by atoms with E-state index in [1.54, 1.807) is 0 Å². The van der Waals surface area contributed by atoms with Crippen LogP contribution < -0.4 is 15.4 Å². The fraction of sp³-hybridized carbons (Fsp3) is 0.588. The number of hydrogen-bond donors (Lipinski definition) is 2. The second kappa shape index (κ2) is 6.83. The van der Waals surface area contributed by atoms with Crippen LogP contribution >= 0.6 is 0 Å². The summed E-state index contributed by atoms with van der Waals surface area (Å²) in [6.07, 6.45) is 4.75. The van der Waals surface area contributed by atoms with E-state index in [0.717, 1.165) is 56.7 Å². The third kappa shape index (κ3) is 4.13. The second-order valence-electron chi connectivity index (χ2n) is 5.88. The van der Waals surface area contributed by atoms with Crippen molar-refractivity contribution in [3.8, 4) is 5.75 Å². The van der Waals surface area contributed by atoms with Crippen LogP contribution in [0.1, 0.15) is 30.9 Å². The molecule has 0 unspecified atom stereocenters. The van der Waals surface area contributed by atoms with Crippen molar-refractivity contribution in [2.75, 3.05) is 26.2 Å². The molecule has 1 aromatic rings. The summed E-state index contributed by atoms with van der Waals surface area (Å²) in [5.74, 6) is 2.84. The Morgan fingerprint density at radius 2 is 2.24 bits per heavy atom. The van der Waals surface area contributed by atoms with E-state index in [4.69, 9.17) is 4.74 Å². The highest BCUT2D eigenvalue weighted by Crippen LogP contribution is 2.28. The van der Waals surface area contributed by atoms with Gasteiger partial charge in [-0.3, -0.25) is 4.99 Å². The van der Waals surface area contributed by atoms with Gasteiger partial charge in [-0.1, -0.05) is 12.1 Å². The lowest BCUT2D eigenvalue weighted by molar-refractivity contribution is 0.357. The molecule has 2 N–H and O–H groups in total. The number of nitrogens with zero attached hydrogens (tertiary/aromatic N) is 1. The maximum Gasteiger partial charge on any atom is 0.191 e. The Morgan fingerprint density at radius 1 is 1.33 bits per heavy atom. The van der Waals surface area contributed by atoms with Gasteiger partial charge in [-0.15, -0.1) is 0 Å². The zero-order valence-corrected chi connectivity index (χ0v) is 12.8. The monoisotopic (exact) mass is 287 g/mol. The average molecular weight is 287 g/mol. The molecule has 0 atom stereocenters. The number of hydrogen-bond acceptors (Lipinski definition) is 2. The molecule has 1 heterocycles. The first-order valence-corrected chi connectivity index (χ1v) is 8.12. The Bertz CT molecular complexity index is 509. The topological polar surface area (TPSA) is 45.7 Å². The van der Waals surface area contributed by atoms with Crippen LogP contribution in [-0.2, 0) is 12.8 Å². The molecule has 0 aromatic heterocycles. The fourth-order valence-corrected chi connectivity index (χ4v) is 2.58. The molecule has 1 aliphatic heterocycles. The fourth-order valence-electron chi connectivity index (χ4n) is 2.58. The highest BCUT2D eigenvalue weighted by Gasteiger charge is 2.20. The molecule has 0 radical (unpaired) electrons. The molecule has 0 bridgehead atoms. The Balaban J connectivity index is 1.48. The minimum atomic E-state index is 0.829. The summed E-state index contributed by atoms with van der Waals surface area (Å²) in [5, 5.41) is 6.74. The molecule has 3 rings (SSSR count). The smallest absolute Gasteiger partial charge is 0.191 e. The minimum Gasteiger partial charge on any atom is -0.493 e. The quantitative estimate of drug-likeness (QED) is 0.622. The zero-order valence-electron chi connectivity index (χ0n) is 12.8. The SMILES string of the molecule is CCNC(=NCC1CC1)NCCc1ccc2c(c1)CCO2. The normalized spacial score (nSPS) is 17.3. The summed E-state index contributed by atoms with van der Waals surface area (Å²) in [7, 11) is 0. The molecule has 21 heavy (non-hydrogen) atoms. The zero-order chi connectivity index (χ0) is 14.5. The number of ether oxygens (including phenoxy) is 1. The van der Waals surface area contributed by atoms with Gasteiger partial charge in [0, 0.05) is 26.1 Å². The van der Waals surface area contributed by atoms with Crippen molar-refractivity contribution >= 4 is 5.96 Å². The van der Waals surface area contributed by atoms with E-state index in [0.29, 0.717) is 0 Å². The molecule has 0 saturated heterocycles. The van der Waals surface area contributed by atoms with Gasteiger partial charge in [0.1, 0.15) is 5.75 Å². The molecule has 2 aliphatic rings. The third-order valence-corrected chi connectivity index (χ3v) is 4.01. The van der Waals surface area contributed by atoms with Crippen LogP contribution in [0, 0.1) is 5.92 Å². The number of rotatable bonds is 6. The van der Waals surface area contributed by atoms with E-state index in [2.05, 4.69) is 40.7 Å².